The molecule has 4 atom stereocenters. The van der Waals surface area contributed by atoms with E-state index in [1.807, 2.05) is 7.05 Å². The molecule has 1 saturated heterocycles. The standard InChI is InChI=1S/C15H28N2O/c1-16-15(11-18)7-3-6-14(8-15)17-9-12-4-2-5-13(12)10-17/h12-14,16,18H,2-11H2,1H3. The summed E-state index contributed by atoms with van der Waals surface area (Å²) in [6.45, 7) is 2.96. The Bertz CT molecular complexity index is 278. The topological polar surface area (TPSA) is 35.5 Å². The minimum Gasteiger partial charge on any atom is -0.394 e. The zero-order chi connectivity index (χ0) is 12.6. The SMILES string of the molecule is CNC1(CO)CCCC(N2CC3CCCC3C2)C1. The maximum atomic E-state index is 9.68. The second-order valence-electron chi connectivity index (χ2n) is 6.84. The monoisotopic (exact) mass is 252 g/mol. The molecule has 0 aromatic heterocycles. The molecule has 104 valence electrons. The number of hydrogen-bond donors (Lipinski definition) is 2. The smallest absolute Gasteiger partial charge is 0.0613 e. The molecule has 2 aliphatic carbocycles. The Morgan fingerprint density at radius 3 is 2.50 bits per heavy atom. The molecule has 1 aliphatic heterocycles. The minimum absolute atomic E-state index is 0.000612. The molecule has 0 aromatic rings. The fraction of sp³-hybridized carbons (Fsp3) is 1.00. The molecule has 0 radical (unpaired) electrons. The van der Waals surface area contributed by atoms with Crippen LogP contribution in [0.4, 0.5) is 0 Å². The van der Waals surface area contributed by atoms with Crippen LogP contribution < -0.4 is 5.32 Å². The van der Waals surface area contributed by atoms with Crippen LogP contribution in [0.15, 0.2) is 0 Å². The van der Waals surface area contributed by atoms with Crippen molar-refractivity contribution < 1.29 is 5.11 Å². The maximum absolute atomic E-state index is 9.68. The Balaban J connectivity index is 1.63. The molecular weight excluding hydrogens is 224 g/mol. The average molecular weight is 252 g/mol. The van der Waals surface area contributed by atoms with Gasteiger partial charge in [0.15, 0.2) is 0 Å². The van der Waals surface area contributed by atoms with Crippen LogP contribution in [0.1, 0.15) is 44.9 Å². The van der Waals surface area contributed by atoms with Gasteiger partial charge in [-0.2, -0.15) is 0 Å². The van der Waals surface area contributed by atoms with Gasteiger partial charge in [0.1, 0.15) is 0 Å². The van der Waals surface area contributed by atoms with Gasteiger partial charge in [-0.05, 0) is 57.4 Å². The normalized spacial score (nSPS) is 45.3. The molecule has 18 heavy (non-hydrogen) atoms. The van der Waals surface area contributed by atoms with Crippen molar-refractivity contribution in [3.63, 3.8) is 0 Å². The van der Waals surface area contributed by atoms with E-state index in [1.165, 1.54) is 45.2 Å². The molecule has 3 fully saturated rings. The van der Waals surface area contributed by atoms with Crippen molar-refractivity contribution in [1.82, 2.24) is 10.2 Å². The second kappa shape index (κ2) is 5.10. The lowest BCUT2D eigenvalue weighted by molar-refractivity contribution is 0.0707. The van der Waals surface area contributed by atoms with E-state index in [-0.39, 0.29) is 5.54 Å². The number of hydrogen-bond acceptors (Lipinski definition) is 3. The molecular formula is C15H28N2O. The zero-order valence-corrected chi connectivity index (χ0v) is 11.7. The van der Waals surface area contributed by atoms with Crippen LogP contribution in [0.2, 0.25) is 0 Å². The molecule has 2 N–H and O–H groups in total. The van der Waals surface area contributed by atoms with E-state index in [0.717, 1.165) is 24.7 Å². The van der Waals surface area contributed by atoms with Gasteiger partial charge in [-0.25, -0.2) is 0 Å². The van der Waals surface area contributed by atoms with Gasteiger partial charge in [0.05, 0.1) is 6.61 Å². The molecule has 0 aromatic carbocycles. The number of aliphatic hydroxyl groups is 1. The van der Waals surface area contributed by atoms with E-state index in [4.69, 9.17) is 0 Å². The lowest BCUT2D eigenvalue weighted by Gasteiger charge is -2.43. The number of likely N-dealkylation sites (tertiary alicyclic amines) is 1. The summed E-state index contributed by atoms with van der Waals surface area (Å²) in [5.74, 6) is 1.98. The quantitative estimate of drug-likeness (QED) is 0.801. The summed E-state index contributed by atoms with van der Waals surface area (Å²) >= 11 is 0. The van der Waals surface area contributed by atoms with Crippen LogP contribution in [0.5, 0.6) is 0 Å². The van der Waals surface area contributed by atoms with Gasteiger partial charge >= 0.3 is 0 Å². The van der Waals surface area contributed by atoms with Crippen LogP contribution in [-0.2, 0) is 0 Å². The summed E-state index contributed by atoms with van der Waals surface area (Å²) in [6.07, 6.45) is 9.26. The molecule has 1 heterocycles. The fourth-order valence-corrected chi connectivity index (χ4v) is 4.66. The van der Waals surface area contributed by atoms with E-state index in [0.29, 0.717) is 12.6 Å². The van der Waals surface area contributed by atoms with Crippen molar-refractivity contribution in [3.05, 3.63) is 0 Å². The summed E-state index contributed by atoms with van der Waals surface area (Å²) < 4.78 is 0. The minimum atomic E-state index is 0.000612. The summed E-state index contributed by atoms with van der Waals surface area (Å²) in [7, 11) is 2.01. The predicted octanol–water partition coefficient (Wildman–Crippen LogP) is 1.61. The number of nitrogens with zero attached hydrogens (tertiary/aromatic N) is 1. The van der Waals surface area contributed by atoms with Crippen LogP contribution in [-0.4, -0.2) is 48.3 Å². The van der Waals surface area contributed by atoms with E-state index < -0.39 is 0 Å². The third-order valence-electron chi connectivity index (χ3n) is 5.92. The third-order valence-corrected chi connectivity index (χ3v) is 5.92. The molecule has 0 spiro atoms. The average Bonchev–Trinajstić information content (AvgIpc) is 2.99. The highest BCUT2D eigenvalue weighted by Crippen LogP contribution is 2.41. The van der Waals surface area contributed by atoms with Gasteiger partial charge in [0.2, 0.25) is 0 Å². The van der Waals surface area contributed by atoms with Crippen LogP contribution in [0, 0.1) is 11.8 Å². The van der Waals surface area contributed by atoms with Crippen molar-refractivity contribution >= 4 is 0 Å². The van der Waals surface area contributed by atoms with E-state index in [2.05, 4.69) is 10.2 Å². The van der Waals surface area contributed by atoms with Gasteiger partial charge in [-0.1, -0.05) is 6.42 Å². The summed E-state index contributed by atoms with van der Waals surface area (Å²) in [5.41, 5.74) is 0.000612. The van der Waals surface area contributed by atoms with Crippen LogP contribution in [0.3, 0.4) is 0 Å². The van der Waals surface area contributed by atoms with Gasteiger partial charge in [0, 0.05) is 24.7 Å². The van der Waals surface area contributed by atoms with Crippen molar-refractivity contribution in [2.45, 2.75) is 56.5 Å². The molecule has 3 heteroatoms. The summed E-state index contributed by atoms with van der Waals surface area (Å²) in [5, 5.41) is 13.1. The van der Waals surface area contributed by atoms with Gasteiger partial charge < -0.3 is 10.4 Å². The molecule has 3 aliphatic rings. The third kappa shape index (κ3) is 2.21. The molecule has 0 bridgehead atoms. The Morgan fingerprint density at radius 1 is 1.17 bits per heavy atom. The number of fused-ring (bicyclic) bond motifs is 1. The first-order valence-corrected chi connectivity index (χ1v) is 7.80. The number of aliphatic hydroxyl groups excluding tert-OH is 1. The van der Waals surface area contributed by atoms with Crippen LogP contribution >= 0.6 is 0 Å². The van der Waals surface area contributed by atoms with Crippen molar-refractivity contribution in [2.75, 3.05) is 26.7 Å². The summed E-state index contributed by atoms with van der Waals surface area (Å²) in [6, 6.07) is 0.712. The van der Waals surface area contributed by atoms with Gasteiger partial charge in [0.25, 0.3) is 0 Å². The second-order valence-corrected chi connectivity index (χ2v) is 6.84. The molecule has 0 amide bonds. The number of rotatable bonds is 3. The lowest BCUT2D eigenvalue weighted by atomic mass is 9.79. The van der Waals surface area contributed by atoms with Gasteiger partial charge in [-0.15, -0.1) is 0 Å². The fourth-order valence-electron chi connectivity index (χ4n) is 4.66. The number of likely N-dealkylation sites (N-methyl/N-ethyl adjacent to an activating group) is 1. The zero-order valence-electron chi connectivity index (χ0n) is 11.7. The van der Waals surface area contributed by atoms with E-state index in [9.17, 15) is 5.11 Å². The Kier molecular flexibility index (Phi) is 3.65. The van der Waals surface area contributed by atoms with Crippen molar-refractivity contribution in [2.24, 2.45) is 11.8 Å². The Labute approximate surface area is 111 Å². The highest BCUT2D eigenvalue weighted by Gasteiger charge is 2.42. The Morgan fingerprint density at radius 2 is 1.89 bits per heavy atom. The Hall–Kier alpha value is -0.120. The van der Waals surface area contributed by atoms with Gasteiger partial charge in [-0.3, -0.25) is 4.90 Å². The van der Waals surface area contributed by atoms with Crippen LogP contribution in [0.25, 0.3) is 0 Å². The number of nitrogens with one attached hydrogen (secondary N) is 1. The van der Waals surface area contributed by atoms with E-state index >= 15 is 0 Å². The molecule has 2 saturated carbocycles. The maximum Gasteiger partial charge on any atom is 0.0613 e. The van der Waals surface area contributed by atoms with Crippen molar-refractivity contribution in [1.29, 1.82) is 0 Å². The van der Waals surface area contributed by atoms with Crippen molar-refractivity contribution in [3.8, 4) is 0 Å². The highest BCUT2D eigenvalue weighted by molar-refractivity contribution is 4.99. The molecule has 3 rings (SSSR count). The predicted molar refractivity (Wildman–Crippen MR) is 73.5 cm³/mol. The first kappa shape index (κ1) is 12.9. The summed E-state index contributed by atoms with van der Waals surface area (Å²) in [4.78, 5) is 2.75. The molecule has 3 nitrogen and oxygen atoms in total. The molecule has 4 unspecified atom stereocenters. The first-order valence-electron chi connectivity index (χ1n) is 7.80. The van der Waals surface area contributed by atoms with E-state index in [1.54, 1.807) is 0 Å². The lowest BCUT2D eigenvalue weighted by Crippen LogP contribution is -2.54. The largest absolute Gasteiger partial charge is 0.394 e. The first-order chi connectivity index (χ1) is 8.76. The highest BCUT2D eigenvalue weighted by atomic mass is 16.3.